The third kappa shape index (κ3) is 4.17. The van der Waals surface area contributed by atoms with E-state index in [0.717, 1.165) is 0 Å². The molecule has 0 aromatic carbocycles. The molecule has 0 aromatic heterocycles. The highest BCUT2D eigenvalue weighted by atomic mass is 31.1. The van der Waals surface area contributed by atoms with Crippen molar-refractivity contribution in [3.63, 3.8) is 0 Å². The maximum atomic E-state index is 8.74. The lowest BCUT2D eigenvalue weighted by molar-refractivity contribution is 0.405. The molecule has 0 aliphatic heterocycles. The average Bonchev–Trinajstić information content (AvgIpc) is 2.71. The van der Waals surface area contributed by atoms with Gasteiger partial charge in [-0.2, -0.15) is 0 Å². The molecule has 0 heterocycles. The molecule has 3 nitrogen and oxygen atoms in total. The first-order valence-corrected chi connectivity index (χ1v) is 7.82. The molecule has 0 saturated carbocycles. The van der Waals surface area contributed by atoms with Crippen molar-refractivity contribution < 1.29 is 14.4 Å². The van der Waals surface area contributed by atoms with E-state index < -0.39 is 8.25 Å². The summed E-state index contributed by atoms with van der Waals surface area (Å²) >= 11 is 0. The van der Waals surface area contributed by atoms with Crippen LogP contribution in [0.5, 0.6) is 0 Å². The summed E-state index contributed by atoms with van der Waals surface area (Å²) in [7, 11) is -3.13. The Morgan fingerprint density at radius 2 is 1.47 bits per heavy atom. The van der Waals surface area contributed by atoms with Crippen LogP contribution in [0.1, 0.15) is 48.0 Å². The molecule has 0 spiro atoms. The summed E-state index contributed by atoms with van der Waals surface area (Å²) in [5.74, 6) is 0. The highest BCUT2D eigenvalue weighted by Crippen LogP contribution is 2.50. The zero-order chi connectivity index (χ0) is 15.0. The molecule has 2 bridgehead atoms. The molecular formula is C15H25O3P. The van der Waals surface area contributed by atoms with Crippen molar-refractivity contribution in [2.45, 2.75) is 48.0 Å². The van der Waals surface area contributed by atoms with Gasteiger partial charge in [-0.05, 0) is 39.5 Å². The number of fused-ring (bicyclic) bond motifs is 2. The topological polar surface area (TPSA) is 57.5 Å². The summed E-state index contributed by atoms with van der Waals surface area (Å²) in [6.45, 7) is 13.9. The van der Waals surface area contributed by atoms with Crippen molar-refractivity contribution in [1.82, 2.24) is 0 Å². The van der Waals surface area contributed by atoms with Crippen LogP contribution in [0, 0.1) is 10.8 Å². The molecule has 19 heavy (non-hydrogen) atoms. The van der Waals surface area contributed by atoms with Crippen LogP contribution < -0.4 is 0 Å². The lowest BCUT2D eigenvalue weighted by Gasteiger charge is -2.28. The second-order valence-corrected chi connectivity index (χ2v) is 7.69. The molecule has 0 unspecified atom stereocenters. The molecule has 2 aliphatic carbocycles. The van der Waals surface area contributed by atoms with Crippen LogP contribution in [-0.4, -0.2) is 9.79 Å². The second kappa shape index (κ2) is 5.40. The quantitative estimate of drug-likeness (QED) is 0.661. The lowest BCUT2D eigenvalue weighted by Crippen LogP contribution is -2.15. The standard InChI is InChI=1S/C15H22.H3O3P/c1-14(2,3)12-8-10-7-11(12)13(9-10)15(4,5)6;1-4(2)3/h8-9H,7H2,1-6H3;4H,(H2,1,2,3). The summed E-state index contributed by atoms with van der Waals surface area (Å²) in [4.78, 5) is 14.3. The van der Waals surface area contributed by atoms with E-state index in [1.165, 1.54) is 12.0 Å². The zero-order valence-corrected chi connectivity index (χ0v) is 13.7. The number of hydrogen-bond acceptors (Lipinski definition) is 1. The largest absolute Gasteiger partial charge is 0.326 e. The van der Waals surface area contributed by atoms with Crippen molar-refractivity contribution in [1.29, 1.82) is 0 Å². The smallest absolute Gasteiger partial charge is 0.314 e. The van der Waals surface area contributed by atoms with Crippen LogP contribution in [0.2, 0.25) is 0 Å². The average molecular weight is 284 g/mol. The summed E-state index contributed by atoms with van der Waals surface area (Å²) in [6, 6.07) is 0. The first-order valence-electron chi connectivity index (χ1n) is 6.51. The lowest BCUT2D eigenvalue weighted by atomic mass is 9.76. The van der Waals surface area contributed by atoms with Crippen molar-refractivity contribution in [2.75, 3.05) is 0 Å². The van der Waals surface area contributed by atoms with Gasteiger partial charge in [-0.25, -0.2) is 0 Å². The van der Waals surface area contributed by atoms with Crippen LogP contribution in [0.4, 0.5) is 0 Å². The van der Waals surface area contributed by atoms with E-state index in [4.69, 9.17) is 14.4 Å². The fourth-order valence-corrected chi connectivity index (χ4v) is 2.57. The van der Waals surface area contributed by atoms with Gasteiger partial charge in [0, 0.05) is 0 Å². The Bertz CT molecular complexity index is 479. The van der Waals surface area contributed by atoms with Crippen LogP contribution in [0.15, 0.2) is 34.4 Å². The molecule has 108 valence electrons. The van der Waals surface area contributed by atoms with Crippen LogP contribution in [0.25, 0.3) is 0 Å². The van der Waals surface area contributed by atoms with Crippen molar-refractivity contribution in [3.05, 3.63) is 34.4 Å². The van der Waals surface area contributed by atoms with E-state index in [2.05, 4.69) is 53.7 Å². The third-order valence-corrected chi connectivity index (χ3v) is 3.31. The Labute approximate surface area is 116 Å². The molecule has 2 aliphatic rings. The minimum absolute atomic E-state index is 0.293. The Kier molecular flexibility index (Phi) is 4.66. The van der Waals surface area contributed by atoms with E-state index >= 15 is 0 Å². The molecule has 0 radical (unpaired) electrons. The third-order valence-electron chi connectivity index (χ3n) is 3.31. The highest BCUT2D eigenvalue weighted by molar-refractivity contribution is 7.30. The molecule has 0 saturated heterocycles. The minimum atomic E-state index is -3.13. The molecular weight excluding hydrogens is 259 g/mol. The van der Waals surface area contributed by atoms with Gasteiger partial charge in [0.05, 0.1) is 0 Å². The first-order chi connectivity index (χ1) is 8.43. The minimum Gasteiger partial charge on any atom is -0.326 e. The monoisotopic (exact) mass is 284 g/mol. The van der Waals surface area contributed by atoms with E-state index in [1.807, 2.05) is 0 Å². The predicted molar refractivity (Wildman–Crippen MR) is 80.2 cm³/mol. The molecule has 4 heteroatoms. The molecule has 0 amide bonds. The fraction of sp³-hybridized carbons (Fsp3) is 0.600. The van der Waals surface area contributed by atoms with E-state index in [9.17, 15) is 0 Å². The summed E-state index contributed by atoms with van der Waals surface area (Å²) in [5.41, 5.74) is 6.82. The predicted octanol–water partition coefficient (Wildman–Crippen LogP) is 4.01. The van der Waals surface area contributed by atoms with Gasteiger partial charge >= 0.3 is 8.25 Å². The fourth-order valence-electron chi connectivity index (χ4n) is 2.57. The van der Waals surface area contributed by atoms with Crippen LogP contribution >= 0.6 is 8.25 Å². The van der Waals surface area contributed by atoms with Gasteiger partial charge in [-0.15, -0.1) is 0 Å². The van der Waals surface area contributed by atoms with Gasteiger partial charge in [0.25, 0.3) is 0 Å². The van der Waals surface area contributed by atoms with Crippen molar-refractivity contribution in [2.24, 2.45) is 10.8 Å². The van der Waals surface area contributed by atoms with Gasteiger partial charge in [0.2, 0.25) is 0 Å². The molecule has 0 fully saturated rings. The molecule has 0 atom stereocenters. The Hall–Kier alpha value is -0.630. The zero-order valence-electron chi connectivity index (χ0n) is 12.7. The summed E-state index contributed by atoms with van der Waals surface area (Å²) < 4.78 is 8.74. The van der Waals surface area contributed by atoms with E-state index in [-0.39, 0.29) is 0 Å². The maximum absolute atomic E-state index is 8.74. The number of allylic oxidation sites excluding steroid dienone is 6. The summed E-state index contributed by atoms with van der Waals surface area (Å²) in [5, 5.41) is 0. The van der Waals surface area contributed by atoms with Crippen LogP contribution in [-0.2, 0) is 4.57 Å². The van der Waals surface area contributed by atoms with Gasteiger partial charge in [0.15, 0.2) is 0 Å². The first kappa shape index (κ1) is 16.4. The Morgan fingerprint density at radius 1 is 1.00 bits per heavy atom. The maximum Gasteiger partial charge on any atom is 0.314 e. The molecule has 2 N–H and O–H groups in total. The van der Waals surface area contributed by atoms with E-state index in [1.54, 1.807) is 16.7 Å². The number of rotatable bonds is 0. The van der Waals surface area contributed by atoms with Crippen molar-refractivity contribution >= 4 is 8.25 Å². The normalized spacial score (nSPS) is 18.4. The molecule has 0 aromatic rings. The molecule has 2 rings (SSSR count). The SMILES string of the molecule is CC(C)(C)C1=CC2=CC(C(C)(C)C)=C1C2.O=[PH](O)O. The van der Waals surface area contributed by atoms with E-state index in [0.29, 0.717) is 10.8 Å². The van der Waals surface area contributed by atoms with Gasteiger partial charge in [-0.1, -0.05) is 53.7 Å². The van der Waals surface area contributed by atoms with Crippen LogP contribution in [0.3, 0.4) is 0 Å². The van der Waals surface area contributed by atoms with Gasteiger partial charge in [-0.3, -0.25) is 4.57 Å². The van der Waals surface area contributed by atoms with Gasteiger partial charge in [0.1, 0.15) is 0 Å². The van der Waals surface area contributed by atoms with Gasteiger partial charge < -0.3 is 9.79 Å². The Morgan fingerprint density at radius 3 is 1.79 bits per heavy atom. The second-order valence-electron chi connectivity index (χ2n) is 7.13. The summed E-state index contributed by atoms with van der Waals surface area (Å²) in [6.07, 6.45) is 5.97. The highest BCUT2D eigenvalue weighted by Gasteiger charge is 2.34. The number of hydrogen-bond donors (Lipinski definition) is 2. The van der Waals surface area contributed by atoms with Crippen molar-refractivity contribution in [3.8, 4) is 0 Å². The Balaban J connectivity index is 0.000000399.